The minimum absolute atomic E-state index is 0.282. The molecule has 21 heavy (non-hydrogen) atoms. The van der Waals surface area contributed by atoms with Crippen molar-refractivity contribution in [1.29, 1.82) is 0 Å². The first kappa shape index (κ1) is 14.6. The number of benzene rings is 1. The Labute approximate surface area is 127 Å². The van der Waals surface area contributed by atoms with Crippen molar-refractivity contribution in [2.24, 2.45) is 0 Å². The molecule has 3 heteroatoms. The number of likely N-dealkylation sites (tertiary alicyclic amines) is 1. The van der Waals surface area contributed by atoms with Crippen molar-refractivity contribution in [2.75, 3.05) is 13.1 Å². The number of rotatable bonds is 3. The zero-order valence-electron chi connectivity index (χ0n) is 13.1. The first-order valence-corrected chi connectivity index (χ1v) is 8.20. The van der Waals surface area contributed by atoms with E-state index in [1.165, 1.54) is 12.8 Å². The molecule has 2 atom stereocenters. The summed E-state index contributed by atoms with van der Waals surface area (Å²) in [5.41, 5.74) is 0.669. The molecule has 0 aliphatic carbocycles. The van der Waals surface area contributed by atoms with E-state index >= 15 is 0 Å². The lowest BCUT2D eigenvalue weighted by atomic mass is 9.83. The molecule has 114 valence electrons. The first-order chi connectivity index (χ1) is 10.1. The molecule has 2 heterocycles. The second-order valence-corrected chi connectivity index (χ2v) is 6.90. The highest BCUT2D eigenvalue weighted by atomic mass is 16.2. The van der Waals surface area contributed by atoms with Gasteiger partial charge in [-0.05, 0) is 51.6 Å². The molecular weight excluding hydrogens is 260 g/mol. The maximum absolute atomic E-state index is 13.1. The summed E-state index contributed by atoms with van der Waals surface area (Å²) in [6.07, 6.45) is 4.74. The van der Waals surface area contributed by atoms with Crippen LogP contribution in [-0.2, 0) is 10.2 Å². The second-order valence-electron chi connectivity index (χ2n) is 6.90. The van der Waals surface area contributed by atoms with Gasteiger partial charge in [-0.25, -0.2) is 0 Å². The van der Waals surface area contributed by atoms with Gasteiger partial charge in [-0.2, -0.15) is 0 Å². The predicted molar refractivity (Wildman–Crippen MR) is 85.2 cm³/mol. The Morgan fingerprint density at radius 1 is 1.19 bits per heavy atom. The molecule has 2 aliphatic heterocycles. The number of nitrogens with zero attached hydrogens (tertiary/aromatic N) is 1. The van der Waals surface area contributed by atoms with Crippen LogP contribution >= 0.6 is 0 Å². The van der Waals surface area contributed by atoms with E-state index in [1.807, 2.05) is 18.2 Å². The van der Waals surface area contributed by atoms with Gasteiger partial charge in [0.15, 0.2) is 0 Å². The topological polar surface area (TPSA) is 32.3 Å². The van der Waals surface area contributed by atoms with Gasteiger partial charge in [-0.15, -0.1) is 0 Å². The third-order valence-electron chi connectivity index (χ3n) is 5.15. The second kappa shape index (κ2) is 5.80. The van der Waals surface area contributed by atoms with Gasteiger partial charge in [0.1, 0.15) is 0 Å². The van der Waals surface area contributed by atoms with Crippen molar-refractivity contribution in [1.82, 2.24) is 10.2 Å². The average molecular weight is 286 g/mol. The summed E-state index contributed by atoms with van der Waals surface area (Å²) in [4.78, 5) is 15.3. The number of hydrogen-bond acceptors (Lipinski definition) is 2. The fourth-order valence-electron chi connectivity index (χ4n) is 3.84. The van der Waals surface area contributed by atoms with Crippen molar-refractivity contribution >= 4 is 5.91 Å². The largest absolute Gasteiger partial charge is 0.337 e. The highest BCUT2D eigenvalue weighted by Crippen LogP contribution is 2.32. The Balaban J connectivity index is 1.80. The van der Waals surface area contributed by atoms with E-state index in [2.05, 4.69) is 36.2 Å². The van der Waals surface area contributed by atoms with Crippen molar-refractivity contribution in [3.05, 3.63) is 35.9 Å². The van der Waals surface area contributed by atoms with Crippen molar-refractivity contribution in [3.63, 3.8) is 0 Å². The lowest BCUT2D eigenvalue weighted by Crippen LogP contribution is -2.51. The standard InChI is InChI=1S/C18H26N2O/c1-18(2,14-8-4-3-5-9-14)17(21)20-13-7-11-16(20)15-10-6-12-19-15/h3-5,8-9,15-16,19H,6-7,10-13H2,1-2H3. The Morgan fingerprint density at radius 2 is 1.95 bits per heavy atom. The van der Waals surface area contributed by atoms with Crippen LogP contribution in [0.4, 0.5) is 0 Å². The monoisotopic (exact) mass is 286 g/mol. The van der Waals surface area contributed by atoms with Gasteiger partial charge < -0.3 is 10.2 Å². The van der Waals surface area contributed by atoms with Crippen LogP contribution in [0, 0.1) is 0 Å². The molecule has 0 radical (unpaired) electrons. The van der Waals surface area contributed by atoms with Crippen LogP contribution in [0.2, 0.25) is 0 Å². The Kier molecular flexibility index (Phi) is 4.03. The Hall–Kier alpha value is -1.35. The third-order valence-corrected chi connectivity index (χ3v) is 5.15. The van der Waals surface area contributed by atoms with E-state index in [-0.39, 0.29) is 5.91 Å². The SMILES string of the molecule is CC(C)(C(=O)N1CCCC1C1CCCN1)c1ccccc1. The van der Waals surface area contributed by atoms with E-state index < -0.39 is 5.41 Å². The minimum Gasteiger partial charge on any atom is -0.337 e. The van der Waals surface area contributed by atoms with Gasteiger partial charge in [0.2, 0.25) is 5.91 Å². The van der Waals surface area contributed by atoms with Gasteiger partial charge in [-0.1, -0.05) is 30.3 Å². The molecule has 3 rings (SSSR count). The summed E-state index contributed by atoms with van der Waals surface area (Å²) in [5.74, 6) is 0.282. The Bertz CT molecular complexity index is 491. The zero-order chi connectivity index (χ0) is 14.9. The number of carbonyl (C=O) groups excluding carboxylic acids is 1. The number of amides is 1. The highest BCUT2D eigenvalue weighted by Gasteiger charge is 2.41. The minimum atomic E-state index is -0.442. The summed E-state index contributed by atoms with van der Waals surface area (Å²) in [6, 6.07) is 11.1. The molecular formula is C18H26N2O. The molecule has 1 amide bonds. The lowest BCUT2D eigenvalue weighted by Gasteiger charge is -2.36. The number of carbonyl (C=O) groups is 1. The number of nitrogens with one attached hydrogen (secondary N) is 1. The molecule has 2 aliphatic rings. The van der Waals surface area contributed by atoms with Gasteiger partial charge >= 0.3 is 0 Å². The maximum Gasteiger partial charge on any atom is 0.232 e. The molecule has 1 aromatic carbocycles. The summed E-state index contributed by atoms with van der Waals surface area (Å²) < 4.78 is 0. The van der Waals surface area contributed by atoms with E-state index in [9.17, 15) is 4.79 Å². The fraction of sp³-hybridized carbons (Fsp3) is 0.611. The van der Waals surface area contributed by atoms with Crippen molar-refractivity contribution in [3.8, 4) is 0 Å². The average Bonchev–Trinajstić information content (AvgIpc) is 3.18. The van der Waals surface area contributed by atoms with Crippen molar-refractivity contribution in [2.45, 2.75) is 57.0 Å². The summed E-state index contributed by atoms with van der Waals surface area (Å²) in [6.45, 7) is 6.13. The van der Waals surface area contributed by atoms with Gasteiger partial charge in [0.25, 0.3) is 0 Å². The third kappa shape index (κ3) is 2.71. The first-order valence-electron chi connectivity index (χ1n) is 8.20. The van der Waals surface area contributed by atoms with Crippen LogP contribution < -0.4 is 5.32 Å². The van der Waals surface area contributed by atoms with Gasteiger partial charge in [0, 0.05) is 18.6 Å². The molecule has 0 saturated carbocycles. The van der Waals surface area contributed by atoms with Gasteiger partial charge in [-0.3, -0.25) is 4.79 Å². The quantitative estimate of drug-likeness (QED) is 0.926. The van der Waals surface area contributed by atoms with Crippen LogP contribution in [0.5, 0.6) is 0 Å². The Morgan fingerprint density at radius 3 is 2.62 bits per heavy atom. The highest BCUT2D eigenvalue weighted by molar-refractivity contribution is 5.88. The molecule has 0 bridgehead atoms. The van der Waals surface area contributed by atoms with Gasteiger partial charge in [0.05, 0.1) is 5.41 Å². The van der Waals surface area contributed by atoms with Crippen LogP contribution in [0.3, 0.4) is 0 Å². The molecule has 2 saturated heterocycles. The smallest absolute Gasteiger partial charge is 0.232 e. The zero-order valence-corrected chi connectivity index (χ0v) is 13.1. The van der Waals surface area contributed by atoms with E-state index in [4.69, 9.17) is 0 Å². The normalized spacial score (nSPS) is 26.3. The van der Waals surface area contributed by atoms with E-state index in [1.54, 1.807) is 0 Å². The molecule has 1 N–H and O–H groups in total. The fourth-order valence-corrected chi connectivity index (χ4v) is 3.84. The maximum atomic E-state index is 13.1. The van der Waals surface area contributed by atoms with E-state index in [0.717, 1.165) is 31.5 Å². The summed E-state index contributed by atoms with van der Waals surface area (Å²) in [7, 11) is 0. The molecule has 0 spiro atoms. The van der Waals surface area contributed by atoms with Crippen LogP contribution in [0.15, 0.2) is 30.3 Å². The summed E-state index contributed by atoms with van der Waals surface area (Å²) in [5, 5.41) is 3.58. The molecule has 1 aromatic rings. The molecule has 2 fully saturated rings. The molecule has 0 aromatic heterocycles. The lowest BCUT2D eigenvalue weighted by molar-refractivity contribution is -0.137. The predicted octanol–water partition coefficient (Wildman–Crippen LogP) is 2.71. The summed E-state index contributed by atoms with van der Waals surface area (Å²) >= 11 is 0. The molecule has 2 unspecified atom stereocenters. The van der Waals surface area contributed by atoms with Crippen LogP contribution in [0.1, 0.15) is 45.1 Å². The van der Waals surface area contributed by atoms with Crippen LogP contribution in [0.25, 0.3) is 0 Å². The van der Waals surface area contributed by atoms with Crippen molar-refractivity contribution < 1.29 is 4.79 Å². The molecule has 3 nitrogen and oxygen atoms in total. The van der Waals surface area contributed by atoms with Crippen LogP contribution in [-0.4, -0.2) is 36.0 Å². The van der Waals surface area contributed by atoms with E-state index in [0.29, 0.717) is 12.1 Å². The number of hydrogen-bond donors (Lipinski definition) is 1.